The highest BCUT2D eigenvalue weighted by Crippen LogP contribution is 2.33. The smallest absolute Gasteiger partial charge is 0.346 e. The van der Waals surface area contributed by atoms with E-state index in [0.717, 1.165) is 28.1 Å². The molecule has 1 amide bonds. The fourth-order valence-electron chi connectivity index (χ4n) is 2.98. The molecule has 0 radical (unpaired) electrons. The molecule has 1 aliphatic rings. The van der Waals surface area contributed by atoms with E-state index in [-0.39, 0.29) is 5.91 Å². The van der Waals surface area contributed by atoms with Gasteiger partial charge in [0.15, 0.2) is 0 Å². The topological polar surface area (TPSA) is 60.9 Å². The summed E-state index contributed by atoms with van der Waals surface area (Å²) in [7, 11) is 3.92. The summed E-state index contributed by atoms with van der Waals surface area (Å²) >= 11 is 1.34. The van der Waals surface area contributed by atoms with Gasteiger partial charge in [-0.15, -0.1) is 11.3 Å². The summed E-state index contributed by atoms with van der Waals surface area (Å²) in [6.07, 6.45) is 0.718. The van der Waals surface area contributed by atoms with Crippen molar-refractivity contribution in [1.29, 1.82) is 0 Å². The first kappa shape index (κ1) is 16.5. The van der Waals surface area contributed by atoms with Crippen LogP contribution in [0.1, 0.15) is 36.0 Å². The number of anilines is 1. The van der Waals surface area contributed by atoms with E-state index in [1.807, 2.05) is 50.2 Å². The molecular formula is C18H20N2O3S. The van der Waals surface area contributed by atoms with Gasteiger partial charge < -0.3 is 14.9 Å². The third-order valence-corrected chi connectivity index (χ3v) is 5.81. The third-order valence-electron chi connectivity index (χ3n) is 4.42. The van der Waals surface area contributed by atoms with E-state index in [9.17, 15) is 14.7 Å². The molecule has 0 atom stereocenters. The zero-order valence-electron chi connectivity index (χ0n) is 14.0. The number of hydrogen-bond donors (Lipinski definition) is 1. The predicted octanol–water partition coefficient (Wildman–Crippen LogP) is 3.02. The molecule has 0 unspecified atom stereocenters. The van der Waals surface area contributed by atoms with E-state index in [1.165, 1.54) is 11.3 Å². The van der Waals surface area contributed by atoms with Crippen molar-refractivity contribution in [1.82, 2.24) is 4.90 Å². The van der Waals surface area contributed by atoms with Crippen LogP contribution < -0.4 is 4.90 Å². The molecule has 0 saturated heterocycles. The molecule has 0 fully saturated rings. The Morgan fingerprint density at radius 3 is 2.46 bits per heavy atom. The fourth-order valence-corrected chi connectivity index (χ4v) is 4.13. The van der Waals surface area contributed by atoms with Crippen LogP contribution in [0.2, 0.25) is 0 Å². The lowest BCUT2D eigenvalue weighted by atomic mass is 10.0. The van der Waals surface area contributed by atoms with E-state index < -0.39 is 5.97 Å². The second-order valence-electron chi connectivity index (χ2n) is 6.18. The van der Waals surface area contributed by atoms with Crippen LogP contribution in [-0.4, -0.2) is 42.5 Å². The minimum Gasteiger partial charge on any atom is -0.477 e. The van der Waals surface area contributed by atoms with Gasteiger partial charge in [-0.3, -0.25) is 4.79 Å². The number of carboxylic acids is 1. The number of aromatic carboxylic acids is 1. The largest absolute Gasteiger partial charge is 0.477 e. The summed E-state index contributed by atoms with van der Waals surface area (Å²) in [5.41, 5.74) is 3.51. The molecular weight excluding hydrogens is 324 g/mol. The summed E-state index contributed by atoms with van der Waals surface area (Å²) in [6.45, 7) is 2.94. The molecule has 1 aromatic carbocycles. The van der Waals surface area contributed by atoms with Crippen LogP contribution >= 0.6 is 11.3 Å². The molecule has 24 heavy (non-hydrogen) atoms. The van der Waals surface area contributed by atoms with Crippen molar-refractivity contribution in [2.45, 2.75) is 19.9 Å². The highest BCUT2D eigenvalue weighted by molar-refractivity contribution is 7.14. The Kier molecular flexibility index (Phi) is 4.32. The Morgan fingerprint density at radius 2 is 1.88 bits per heavy atom. The maximum Gasteiger partial charge on any atom is 0.346 e. The van der Waals surface area contributed by atoms with E-state index in [0.29, 0.717) is 23.5 Å². The summed E-state index contributed by atoms with van der Waals surface area (Å²) in [4.78, 5) is 29.3. The Bertz CT molecular complexity index is 793. The van der Waals surface area contributed by atoms with Gasteiger partial charge in [-0.2, -0.15) is 0 Å². The third kappa shape index (κ3) is 2.89. The first-order chi connectivity index (χ1) is 11.4. The first-order valence-electron chi connectivity index (χ1n) is 7.79. The molecule has 0 bridgehead atoms. The molecule has 1 aliphatic heterocycles. The lowest BCUT2D eigenvalue weighted by molar-refractivity contribution is 0.0700. The molecule has 1 aromatic heterocycles. The second kappa shape index (κ2) is 6.28. The van der Waals surface area contributed by atoms with Crippen LogP contribution in [0.5, 0.6) is 0 Å². The van der Waals surface area contributed by atoms with Crippen LogP contribution in [0.15, 0.2) is 24.3 Å². The average Bonchev–Trinajstić information content (AvgIpc) is 2.91. The number of nitrogens with zero attached hydrogens (tertiary/aromatic N) is 2. The van der Waals surface area contributed by atoms with Crippen molar-refractivity contribution in [3.8, 4) is 0 Å². The molecule has 6 heteroatoms. The lowest BCUT2D eigenvalue weighted by Gasteiger charge is -2.27. The quantitative estimate of drug-likeness (QED) is 0.930. The normalized spacial score (nSPS) is 13.5. The van der Waals surface area contributed by atoms with Gasteiger partial charge in [0, 0.05) is 43.3 Å². The number of rotatable bonds is 3. The molecule has 126 valence electrons. The molecule has 0 spiro atoms. The van der Waals surface area contributed by atoms with Crippen molar-refractivity contribution in [3.05, 3.63) is 50.7 Å². The first-order valence-corrected chi connectivity index (χ1v) is 8.61. The highest BCUT2D eigenvalue weighted by atomic mass is 32.1. The van der Waals surface area contributed by atoms with Gasteiger partial charge in [-0.1, -0.05) is 0 Å². The minimum absolute atomic E-state index is 0.00608. The van der Waals surface area contributed by atoms with Crippen molar-refractivity contribution in [2.75, 3.05) is 25.5 Å². The van der Waals surface area contributed by atoms with E-state index >= 15 is 0 Å². The van der Waals surface area contributed by atoms with Crippen molar-refractivity contribution < 1.29 is 14.7 Å². The van der Waals surface area contributed by atoms with E-state index in [4.69, 9.17) is 0 Å². The number of amides is 1. The monoisotopic (exact) mass is 344 g/mol. The number of carbonyl (C=O) groups excluding carboxylic acids is 1. The highest BCUT2D eigenvalue weighted by Gasteiger charge is 2.27. The molecule has 2 heterocycles. The van der Waals surface area contributed by atoms with Gasteiger partial charge in [0.25, 0.3) is 5.91 Å². The molecule has 2 aromatic rings. The van der Waals surface area contributed by atoms with Crippen molar-refractivity contribution >= 4 is 28.9 Å². The van der Waals surface area contributed by atoms with Gasteiger partial charge in [-0.05, 0) is 48.7 Å². The van der Waals surface area contributed by atoms with Crippen LogP contribution in [0.4, 0.5) is 5.69 Å². The Labute approximate surface area is 145 Å². The number of benzene rings is 1. The molecule has 1 N–H and O–H groups in total. The number of hydrogen-bond acceptors (Lipinski definition) is 4. The van der Waals surface area contributed by atoms with Gasteiger partial charge >= 0.3 is 5.97 Å². The van der Waals surface area contributed by atoms with Crippen LogP contribution in [0.3, 0.4) is 0 Å². The van der Waals surface area contributed by atoms with Gasteiger partial charge in [0.05, 0.1) is 0 Å². The predicted molar refractivity (Wildman–Crippen MR) is 95.2 cm³/mol. The standard InChI is InChI=1S/C18H20N2O3S/c1-11-14-10-20(9-8-15(14)24-16(11)18(22)23)17(21)12-4-6-13(7-5-12)19(2)3/h4-7H,8-10H2,1-3H3,(H,22,23). The summed E-state index contributed by atoms with van der Waals surface area (Å²) in [5, 5.41) is 9.26. The number of carboxylic acid groups (broad SMARTS) is 1. The molecule has 0 saturated carbocycles. The number of carbonyl (C=O) groups is 2. The molecule has 0 aliphatic carbocycles. The lowest BCUT2D eigenvalue weighted by Crippen LogP contribution is -2.35. The average molecular weight is 344 g/mol. The maximum atomic E-state index is 12.7. The summed E-state index contributed by atoms with van der Waals surface area (Å²) in [5.74, 6) is -0.891. The molecule has 3 rings (SSSR count). The molecule has 5 nitrogen and oxygen atoms in total. The van der Waals surface area contributed by atoms with Crippen LogP contribution in [0, 0.1) is 6.92 Å². The maximum absolute atomic E-state index is 12.7. The number of fused-ring (bicyclic) bond motifs is 1. The SMILES string of the molecule is Cc1c(C(=O)O)sc2c1CN(C(=O)c1ccc(N(C)C)cc1)CC2. The Morgan fingerprint density at radius 1 is 1.21 bits per heavy atom. The van der Waals surface area contributed by atoms with Crippen molar-refractivity contribution in [3.63, 3.8) is 0 Å². The zero-order chi connectivity index (χ0) is 17.4. The second-order valence-corrected chi connectivity index (χ2v) is 7.29. The van der Waals surface area contributed by atoms with Crippen LogP contribution in [0.25, 0.3) is 0 Å². The minimum atomic E-state index is -0.885. The number of thiophene rings is 1. The summed E-state index contributed by atoms with van der Waals surface area (Å²) in [6, 6.07) is 7.55. The van der Waals surface area contributed by atoms with E-state index in [1.54, 1.807) is 4.90 Å². The Balaban J connectivity index is 1.82. The fraction of sp³-hybridized carbons (Fsp3) is 0.333. The van der Waals surface area contributed by atoms with Gasteiger partial charge in [0.2, 0.25) is 0 Å². The van der Waals surface area contributed by atoms with Gasteiger partial charge in [0.1, 0.15) is 4.88 Å². The van der Waals surface area contributed by atoms with E-state index in [2.05, 4.69) is 0 Å². The zero-order valence-corrected chi connectivity index (χ0v) is 14.8. The summed E-state index contributed by atoms with van der Waals surface area (Å²) < 4.78 is 0. The van der Waals surface area contributed by atoms with Crippen LogP contribution in [-0.2, 0) is 13.0 Å². The Hall–Kier alpha value is -2.34. The van der Waals surface area contributed by atoms with Gasteiger partial charge in [-0.25, -0.2) is 4.79 Å². The van der Waals surface area contributed by atoms with Crippen molar-refractivity contribution in [2.24, 2.45) is 0 Å².